The third kappa shape index (κ3) is 5.49. The monoisotopic (exact) mass is 483 g/mol. The zero-order chi connectivity index (χ0) is 25.3. The van der Waals surface area contributed by atoms with Crippen LogP contribution >= 0.6 is 0 Å². The molecule has 8 atom stereocenters. The largest absolute Gasteiger partial charge is 0.390 e. The maximum atomic E-state index is 11.7. The number of unbranched alkanes of at least 4 members (excludes halogenated alkanes) is 1. The highest BCUT2D eigenvalue weighted by Crippen LogP contribution is 2.64. The number of fused-ring (bicyclic) bond motifs is 3. The van der Waals surface area contributed by atoms with Gasteiger partial charge in [0.2, 0.25) is 0 Å². The zero-order valence-electron chi connectivity index (χ0n) is 22.7. The van der Waals surface area contributed by atoms with Crippen LogP contribution in [-0.4, -0.2) is 31.2 Å². The van der Waals surface area contributed by atoms with Gasteiger partial charge in [-0.15, -0.1) is 0 Å². The second-order valence-corrected chi connectivity index (χ2v) is 13.1. The lowest BCUT2D eigenvalue weighted by molar-refractivity contribution is -0.104. The Labute approximate surface area is 213 Å². The predicted molar refractivity (Wildman–Crippen MR) is 139 cm³/mol. The molecule has 0 aliphatic heterocycles. The van der Waals surface area contributed by atoms with E-state index in [-0.39, 0.29) is 11.3 Å². The topological polar surface area (TPSA) is 82.1 Å². The summed E-state index contributed by atoms with van der Waals surface area (Å²) in [6.07, 6.45) is 18.2. The molecule has 5 nitrogen and oxygen atoms in total. The first-order valence-corrected chi connectivity index (χ1v) is 14.5. The van der Waals surface area contributed by atoms with E-state index in [0.29, 0.717) is 23.9 Å². The van der Waals surface area contributed by atoms with Gasteiger partial charge in [0.05, 0.1) is 29.5 Å². The van der Waals surface area contributed by atoms with Gasteiger partial charge in [0, 0.05) is 6.20 Å². The van der Waals surface area contributed by atoms with Crippen LogP contribution in [0, 0.1) is 46.3 Å². The quantitative estimate of drug-likeness (QED) is 0.399. The van der Waals surface area contributed by atoms with Crippen LogP contribution in [0.25, 0.3) is 0 Å². The summed E-state index contributed by atoms with van der Waals surface area (Å²) in [6.45, 7) is 9.33. The van der Waals surface area contributed by atoms with Gasteiger partial charge >= 0.3 is 0 Å². The summed E-state index contributed by atoms with van der Waals surface area (Å²) < 4.78 is 1.75. The van der Waals surface area contributed by atoms with E-state index in [9.17, 15) is 10.2 Å². The van der Waals surface area contributed by atoms with E-state index in [0.717, 1.165) is 56.8 Å². The maximum absolute atomic E-state index is 11.7. The van der Waals surface area contributed by atoms with Gasteiger partial charge in [-0.3, -0.25) is 4.68 Å². The summed E-state index contributed by atoms with van der Waals surface area (Å²) in [6, 6.07) is 2.14. The molecular formula is C30H49N3O2. The number of rotatable bonds is 10. The van der Waals surface area contributed by atoms with Crippen molar-refractivity contribution >= 4 is 0 Å². The van der Waals surface area contributed by atoms with Gasteiger partial charge in [0.1, 0.15) is 6.07 Å². The fraction of sp³-hybridized carbons (Fsp3) is 0.867. The Hall–Kier alpha value is -1.38. The molecule has 0 radical (unpaired) electrons. The first-order valence-electron chi connectivity index (χ1n) is 14.5. The molecular weight excluding hydrogens is 434 g/mol. The molecule has 0 bridgehead atoms. The van der Waals surface area contributed by atoms with Crippen molar-refractivity contribution in [2.75, 3.05) is 0 Å². The van der Waals surface area contributed by atoms with E-state index in [4.69, 9.17) is 5.26 Å². The van der Waals surface area contributed by atoms with Crippen LogP contribution in [0.5, 0.6) is 0 Å². The molecule has 0 amide bonds. The number of hydrogen-bond donors (Lipinski definition) is 2. The Balaban J connectivity index is 1.41. The summed E-state index contributed by atoms with van der Waals surface area (Å²) in [5.41, 5.74) is -0.565. The minimum absolute atomic E-state index is 0.173. The molecule has 3 aliphatic carbocycles. The number of aromatic nitrogens is 2. The summed E-state index contributed by atoms with van der Waals surface area (Å²) in [7, 11) is 0. The van der Waals surface area contributed by atoms with Crippen LogP contribution in [-0.2, 0) is 6.54 Å². The van der Waals surface area contributed by atoms with Crippen molar-refractivity contribution in [3.8, 4) is 6.07 Å². The standard InChI is InChI=1S/C30H49N3O2/c1-5-7-14-30(35,13-6-2)17-22-8-9-25-24(16-22)12-15-28(3)26(25)10-11-27(28)29(4,34)21-33-20-23(18-31)19-32-33/h19-20,22,24-27,34-35H,5-17,21H2,1-4H3/t22-,24+,25+,26-,27-,28-,29?,30?/m0/s1. The molecule has 5 heteroatoms. The molecule has 0 spiro atoms. The average Bonchev–Trinajstić information content (AvgIpc) is 3.41. The van der Waals surface area contributed by atoms with E-state index in [1.807, 2.05) is 6.92 Å². The third-order valence-corrected chi connectivity index (χ3v) is 10.5. The maximum Gasteiger partial charge on any atom is 0.102 e. The van der Waals surface area contributed by atoms with Crippen molar-refractivity contribution in [1.29, 1.82) is 5.26 Å². The van der Waals surface area contributed by atoms with E-state index >= 15 is 0 Å². The Morgan fingerprint density at radius 2 is 1.94 bits per heavy atom. The predicted octanol–water partition coefficient (Wildman–Crippen LogP) is 6.48. The van der Waals surface area contributed by atoms with Gasteiger partial charge < -0.3 is 10.2 Å². The SMILES string of the molecule is CCCCC(O)(CCC)C[C@H]1CC[C@@H]2[C@H](CC[C@]3(C)[C@@H](C(C)(O)Cn4cc(C#N)cn4)CC[C@@H]23)C1. The van der Waals surface area contributed by atoms with E-state index < -0.39 is 11.2 Å². The Morgan fingerprint density at radius 3 is 2.63 bits per heavy atom. The Bertz CT molecular complexity index is 888. The minimum atomic E-state index is -0.831. The van der Waals surface area contributed by atoms with E-state index in [1.54, 1.807) is 17.1 Å². The van der Waals surface area contributed by atoms with Gasteiger partial charge in [-0.05, 0) is 99.7 Å². The molecule has 2 N–H and O–H groups in total. The van der Waals surface area contributed by atoms with Crippen molar-refractivity contribution in [3.05, 3.63) is 18.0 Å². The van der Waals surface area contributed by atoms with Gasteiger partial charge in [-0.2, -0.15) is 10.4 Å². The summed E-state index contributed by atoms with van der Waals surface area (Å²) in [4.78, 5) is 0. The van der Waals surface area contributed by atoms with Crippen molar-refractivity contribution in [2.24, 2.45) is 35.0 Å². The normalized spacial score (nSPS) is 36.0. The van der Waals surface area contributed by atoms with Crippen LogP contribution < -0.4 is 0 Å². The van der Waals surface area contributed by atoms with Crippen molar-refractivity contribution in [2.45, 2.75) is 129 Å². The number of nitriles is 1. The lowest BCUT2D eigenvalue weighted by Crippen LogP contribution is -2.51. The van der Waals surface area contributed by atoms with Crippen molar-refractivity contribution in [3.63, 3.8) is 0 Å². The molecule has 4 rings (SSSR count). The van der Waals surface area contributed by atoms with Crippen molar-refractivity contribution < 1.29 is 10.2 Å². The van der Waals surface area contributed by atoms with Crippen LogP contribution in [0.4, 0.5) is 0 Å². The molecule has 3 fully saturated rings. The third-order valence-electron chi connectivity index (χ3n) is 10.5. The number of nitrogens with zero attached hydrogens (tertiary/aromatic N) is 3. The fourth-order valence-corrected chi connectivity index (χ4v) is 9.06. The first kappa shape index (κ1) is 26.7. The molecule has 35 heavy (non-hydrogen) atoms. The molecule has 3 saturated carbocycles. The number of hydrogen-bond acceptors (Lipinski definition) is 4. The number of aliphatic hydroxyl groups is 2. The minimum Gasteiger partial charge on any atom is -0.390 e. The van der Waals surface area contributed by atoms with Gasteiger partial charge in [-0.25, -0.2) is 0 Å². The molecule has 3 aliphatic rings. The Morgan fingerprint density at radius 1 is 1.14 bits per heavy atom. The Kier molecular flexibility index (Phi) is 8.04. The summed E-state index contributed by atoms with van der Waals surface area (Å²) in [5, 5.41) is 36.5. The summed E-state index contributed by atoms with van der Waals surface area (Å²) >= 11 is 0. The molecule has 0 saturated heterocycles. The second kappa shape index (κ2) is 10.5. The van der Waals surface area contributed by atoms with Crippen LogP contribution in [0.2, 0.25) is 0 Å². The van der Waals surface area contributed by atoms with Gasteiger partial charge in [-0.1, -0.05) is 46.5 Å². The zero-order valence-corrected chi connectivity index (χ0v) is 22.7. The average molecular weight is 484 g/mol. The summed E-state index contributed by atoms with van der Waals surface area (Å²) in [5.74, 6) is 3.19. The van der Waals surface area contributed by atoms with E-state index in [1.165, 1.54) is 38.5 Å². The molecule has 1 aromatic rings. The molecule has 196 valence electrons. The molecule has 1 aromatic heterocycles. The van der Waals surface area contributed by atoms with Crippen LogP contribution in [0.3, 0.4) is 0 Å². The first-order chi connectivity index (χ1) is 16.6. The van der Waals surface area contributed by atoms with Crippen molar-refractivity contribution in [1.82, 2.24) is 9.78 Å². The lowest BCUT2D eigenvalue weighted by Gasteiger charge is -2.54. The molecule has 1 heterocycles. The van der Waals surface area contributed by atoms with Crippen LogP contribution in [0.15, 0.2) is 12.4 Å². The molecule has 0 aromatic carbocycles. The fourth-order valence-electron chi connectivity index (χ4n) is 9.06. The molecule has 2 unspecified atom stereocenters. The second-order valence-electron chi connectivity index (χ2n) is 13.1. The highest BCUT2D eigenvalue weighted by atomic mass is 16.3. The lowest BCUT2D eigenvalue weighted by atomic mass is 9.52. The highest BCUT2D eigenvalue weighted by Gasteiger charge is 2.58. The van der Waals surface area contributed by atoms with Crippen LogP contribution in [0.1, 0.15) is 117 Å². The van der Waals surface area contributed by atoms with E-state index in [2.05, 4.69) is 31.9 Å². The van der Waals surface area contributed by atoms with Gasteiger partial charge in [0.25, 0.3) is 0 Å². The highest BCUT2D eigenvalue weighted by molar-refractivity contribution is 5.21. The van der Waals surface area contributed by atoms with Gasteiger partial charge in [0.15, 0.2) is 0 Å². The smallest absolute Gasteiger partial charge is 0.102 e.